The molecule has 0 N–H and O–H groups in total. The van der Waals surface area contributed by atoms with Crippen molar-refractivity contribution in [1.82, 2.24) is 9.80 Å². The average molecular weight is 343 g/mol. The van der Waals surface area contributed by atoms with Crippen LogP contribution >= 0.6 is 0 Å². The number of benzene rings is 1. The number of amides is 2. The molecule has 1 spiro atoms. The van der Waals surface area contributed by atoms with E-state index in [1.54, 1.807) is 11.9 Å². The molecule has 134 valence electrons. The molecule has 0 unspecified atom stereocenters. The molecular formula is C19H25N3O3. The molecule has 25 heavy (non-hydrogen) atoms. The summed E-state index contributed by atoms with van der Waals surface area (Å²) in [5.74, 6) is 0.0256. The largest absolute Gasteiger partial charge is 0.439 e. The first-order valence-electron chi connectivity index (χ1n) is 9.15. The molecule has 0 saturated carbocycles. The van der Waals surface area contributed by atoms with Crippen molar-refractivity contribution in [3.63, 3.8) is 0 Å². The van der Waals surface area contributed by atoms with E-state index in [2.05, 4.69) is 4.90 Å². The van der Waals surface area contributed by atoms with Crippen LogP contribution in [-0.4, -0.2) is 67.2 Å². The minimum atomic E-state index is -0.533. The van der Waals surface area contributed by atoms with Crippen molar-refractivity contribution < 1.29 is 14.3 Å². The Morgan fingerprint density at radius 2 is 1.76 bits per heavy atom. The highest BCUT2D eigenvalue weighted by Crippen LogP contribution is 2.32. The van der Waals surface area contributed by atoms with Gasteiger partial charge < -0.3 is 19.4 Å². The maximum absolute atomic E-state index is 12.9. The van der Waals surface area contributed by atoms with Crippen molar-refractivity contribution in [2.45, 2.75) is 31.3 Å². The third kappa shape index (κ3) is 3.05. The molecule has 3 aliphatic heterocycles. The zero-order valence-electron chi connectivity index (χ0n) is 14.7. The second kappa shape index (κ2) is 6.24. The lowest BCUT2D eigenvalue weighted by atomic mass is 9.92. The first kappa shape index (κ1) is 16.2. The number of nitrogens with zero attached hydrogens (tertiary/aromatic N) is 3. The number of rotatable bonds is 2. The van der Waals surface area contributed by atoms with Crippen LogP contribution in [0, 0.1) is 0 Å². The normalized spacial score (nSPS) is 26.4. The van der Waals surface area contributed by atoms with Gasteiger partial charge >= 0.3 is 6.09 Å². The van der Waals surface area contributed by atoms with Crippen LogP contribution in [0.1, 0.15) is 36.0 Å². The predicted octanol–water partition coefficient (Wildman–Crippen LogP) is 2.34. The molecule has 6 heteroatoms. The summed E-state index contributed by atoms with van der Waals surface area (Å²) in [6, 6.07) is 7.93. The standard InChI is InChI=1S/C19H25N3O3/c1-20-13-19(25-18(20)24)9-4-12-22(14-19)17(23)15-5-7-16(8-6-15)21-10-2-3-11-21/h5-8H,2-4,9-14H2,1H3/t19-/m1/s1. The lowest BCUT2D eigenvalue weighted by Crippen LogP contribution is -2.52. The Kier molecular flexibility index (Phi) is 4.06. The van der Waals surface area contributed by atoms with E-state index in [9.17, 15) is 9.59 Å². The van der Waals surface area contributed by atoms with E-state index < -0.39 is 5.60 Å². The molecule has 3 heterocycles. The van der Waals surface area contributed by atoms with Crippen LogP contribution < -0.4 is 4.90 Å². The second-order valence-electron chi connectivity index (χ2n) is 7.48. The number of carbonyl (C=O) groups excluding carboxylic acids is 2. The minimum absolute atomic E-state index is 0.0256. The summed E-state index contributed by atoms with van der Waals surface area (Å²) in [4.78, 5) is 30.4. The van der Waals surface area contributed by atoms with E-state index >= 15 is 0 Å². The molecule has 3 aliphatic rings. The van der Waals surface area contributed by atoms with Crippen LogP contribution in [0.4, 0.5) is 10.5 Å². The highest BCUT2D eigenvalue weighted by atomic mass is 16.6. The van der Waals surface area contributed by atoms with Crippen LogP contribution in [0.5, 0.6) is 0 Å². The average Bonchev–Trinajstić information content (AvgIpc) is 3.24. The van der Waals surface area contributed by atoms with E-state index in [-0.39, 0.29) is 12.0 Å². The topological polar surface area (TPSA) is 53.1 Å². The maximum atomic E-state index is 12.9. The Morgan fingerprint density at radius 1 is 1.04 bits per heavy atom. The van der Waals surface area contributed by atoms with Crippen LogP contribution in [0.25, 0.3) is 0 Å². The van der Waals surface area contributed by atoms with Crippen LogP contribution in [-0.2, 0) is 4.74 Å². The molecule has 0 aromatic heterocycles. The van der Waals surface area contributed by atoms with Gasteiger partial charge in [-0.15, -0.1) is 0 Å². The number of anilines is 1. The van der Waals surface area contributed by atoms with Crippen molar-refractivity contribution in [1.29, 1.82) is 0 Å². The quantitative estimate of drug-likeness (QED) is 0.827. The molecule has 1 aromatic carbocycles. The molecule has 0 aliphatic carbocycles. The maximum Gasteiger partial charge on any atom is 0.410 e. The molecule has 2 amide bonds. The summed E-state index contributed by atoms with van der Waals surface area (Å²) in [6.45, 7) is 3.96. The van der Waals surface area contributed by atoms with Crippen LogP contribution in [0.3, 0.4) is 0 Å². The second-order valence-corrected chi connectivity index (χ2v) is 7.48. The third-order valence-corrected chi connectivity index (χ3v) is 5.55. The summed E-state index contributed by atoms with van der Waals surface area (Å²) in [5, 5.41) is 0. The Bertz CT molecular complexity index is 669. The highest BCUT2D eigenvalue weighted by Gasteiger charge is 2.47. The summed E-state index contributed by atoms with van der Waals surface area (Å²) in [5.41, 5.74) is 1.36. The van der Waals surface area contributed by atoms with Gasteiger partial charge in [0.25, 0.3) is 5.91 Å². The fraction of sp³-hybridized carbons (Fsp3) is 0.579. The molecule has 3 fully saturated rings. The first-order valence-corrected chi connectivity index (χ1v) is 9.15. The van der Waals surface area contributed by atoms with Gasteiger partial charge in [0.15, 0.2) is 0 Å². The predicted molar refractivity (Wildman–Crippen MR) is 94.9 cm³/mol. The first-order chi connectivity index (χ1) is 12.1. The van der Waals surface area contributed by atoms with E-state index in [0.29, 0.717) is 18.7 Å². The van der Waals surface area contributed by atoms with Gasteiger partial charge in [0.1, 0.15) is 5.60 Å². The molecule has 3 saturated heterocycles. The van der Waals surface area contributed by atoms with Gasteiger partial charge in [-0.1, -0.05) is 0 Å². The fourth-order valence-corrected chi connectivity index (χ4v) is 4.25. The molecule has 4 rings (SSSR count). The van der Waals surface area contributed by atoms with Crippen molar-refractivity contribution in [3.05, 3.63) is 29.8 Å². The van der Waals surface area contributed by atoms with E-state index in [1.165, 1.54) is 18.5 Å². The van der Waals surface area contributed by atoms with Gasteiger partial charge in [-0.25, -0.2) is 4.79 Å². The number of carbonyl (C=O) groups is 2. The molecular weight excluding hydrogens is 318 g/mol. The zero-order chi connectivity index (χ0) is 17.4. The fourth-order valence-electron chi connectivity index (χ4n) is 4.25. The monoisotopic (exact) mass is 343 g/mol. The number of likely N-dealkylation sites (N-methyl/N-ethyl adjacent to an activating group) is 1. The van der Waals surface area contributed by atoms with Crippen molar-refractivity contribution in [3.8, 4) is 0 Å². The number of ether oxygens (including phenoxy) is 1. The molecule has 0 radical (unpaired) electrons. The Balaban J connectivity index is 1.46. The van der Waals surface area contributed by atoms with Crippen molar-refractivity contribution >= 4 is 17.7 Å². The van der Waals surface area contributed by atoms with Gasteiger partial charge in [0.05, 0.1) is 13.1 Å². The molecule has 6 nitrogen and oxygen atoms in total. The molecule has 1 aromatic rings. The number of piperidine rings is 1. The number of hydrogen-bond acceptors (Lipinski definition) is 4. The lowest BCUT2D eigenvalue weighted by Gasteiger charge is -2.38. The SMILES string of the molecule is CN1C[C@@]2(CCCN(C(=O)c3ccc(N4CCCC4)cc3)C2)OC1=O. The summed E-state index contributed by atoms with van der Waals surface area (Å²) in [7, 11) is 1.74. The van der Waals surface area contributed by atoms with Gasteiger partial charge in [0.2, 0.25) is 0 Å². The third-order valence-electron chi connectivity index (χ3n) is 5.55. The van der Waals surface area contributed by atoms with Crippen molar-refractivity contribution in [2.24, 2.45) is 0 Å². The molecule has 1 atom stereocenters. The Morgan fingerprint density at radius 3 is 2.40 bits per heavy atom. The van der Waals surface area contributed by atoms with Crippen LogP contribution in [0.2, 0.25) is 0 Å². The minimum Gasteiger partial charge on any atom is -0.439 e. The van der Waals surface area contributed by atoms with E-state index in [1.807, 2.05) is 29.2 Å². The molecule has 0 bridgehead atoms. The summed E-state index contributed by atoms with van der Waals surface area (Å²) in [6.07, 6.45) is 3.87. The van der Waals surface area contributed by atoms with Crippen molar-refractivity contribution in [2.75, 3.05) is 44.7 Å². The summed E-state index contributed by atoms with van der Waals surface area (Å²) >= 11 is 0. The summed E-state index contributed by atoms with van der Waals surface area (Å²) < 4.78 is 5.59. The smallest absolute Gasteiger partial charge is 0.410 e. The van der Waals surface area contributed by atoms with Gasteiger partial charge in [-0.05, 0) is 49.9 Å². The van der Waals surface area contributed by atoms with Gasteiger partial charge in [-0.2, -0.15) is 0 Å². The lowest BCUT2D eigenvalue weighted by molar-refractivity contribution is -0.00521. The number of hydrogen-bond donors (Lipinski definition) is 0. The van der Waals surface area contributed by atoms with Gasteiger partial charge in [-0.3, -0.25) is 4.79 Å². The van der Waals surface area contributed by atoms with Crippen LogP contribution in [0.15, 0.2) is 24.3 Å². The Hall–Kier alpha value is -2.24. The number of likely N-dealkylation sites (tertiary alicyclic amines) is 1. The van der Waals surface area contributed by atoms with E-state index in [4.69, 9.17) is 4.74 Å². The van der Waals surface area contributed by atoms with E-state index in [0.717, 1.165) is 32.5 Å². The zero-order valence-corrected chi connectivity index (χ0v) is 14.7. The van der Waals surface area contributed by atoms with Gasteiger partial charge in [0, 0.05) is 37.9 Å². The highest BCUT2D eigenvalue weighted by molar-refractivity contribution is 5.94. The Labute approximate surface area is 148 Å².